The maximum Gasteiger partial charge on any atom is 0.134 e. The van der Waals surface area contributed by atoms with Gasteiger partial charge in [-0.3, -0.25) is 0 Å². The molecule has 2 atom stereocenters. The number of thioether (sulfide) groups is 1. The molecule has 3 heteroatoms. The number of aliphatic hydroxyl groups is 1. The van der Waals surface area contributed by atoms with Crippen LogP contribution in [-0.2, 0) is 0 Å². The Labute approximate surface area is 101 Å². The molecule has 1 heterocycles. The van der Waals surface area contributed by atoms with Gasteiger partial charge in [0, 0.05) is 10.6 Å². The summed E-state index contributed by atoms with van der Waals surface area (Å²) in [6, 6.07) is 7.99. The first-order valence-electron chi connectivity index (χ1n) is 5.55. The van der Waals surface area contributed by atoms with Gasteiger partial charge in [-0.15, -0.1) is 11.8 Å². The summed E-state index contributed by atoms with van der Waals surface area (Å²) >= 11 is 1.76. The Kier molecular flexibility index (Phi) is 3.17. The minimum atomic E-state index is -0.437. The van der Waals surface area contributed by atoms with Crippen LogP contribution in [0.3, 0.4) is 0 Å². The Morgan fingerprint density at radius 2 is 2.06 bits per heavy atom. The topological polar surface area (TPSA) is 29.5 Å². The fourth-order valence-electron chi connectivity index (χ4n) is 1.75. The zero-order chi connectivity index (χ0) is 11.8. The smallest absolute Gasteiger partial charge is 0.134 e. The van der Waals surface area contributed by atoms with E-state index < -0.39 is 6.10 Å². The van der Waals surface area contributed by atoms with Crippen LogP contribution >= 0.6 is 11.8 Å². The van der Waals surface area contributed by atoms with Gasteiger partial charge in [-0.05, 0) is 17.5 Å². The highest BCUT2D eigenvalue weighted by Gasteiger charge is 2.34. The molecule has 2 unspecified atom stereocenters. The normalized spacial score (nSPS) is 22.1. The van der Waals surface area contributed by atoms with Crippen LogP contribution in [0.5, 0.6) is 5.75 Å². The summed E-state index contributed by atoms with van der Waals surface area (Å²) in [6.45, 7) is 6.10. The van der Waals surface area contributed by atoms with Gasteiger partial charge in [0.25, 0.3) is 0 Å². The predicted octanol–water partition coefficient (Wildman–Crippen LogP) is 2.95. The summed E-state index contributed by atoms with van der Waals surface area (Å²) in [4.78, 5) is 1.17. The Hall–Kier alpha value is -0.670. The third-order valence-electron chi connectivity index (χ3n) is 2.77. The van der Waals surface area contributed by atoms with Gasteiger partial charge in [-0.25, -0.2) is 0 Å². The molecule has 16 heavy (non-hydrogen) atoms. The lowest BCUT2D eigenvalue weighted by atomic mass is 9.86. The predicted molar refractivity (Wildman–Crippen MR) is 67.0 cm³/mol. The van der Waals surface area contributed by atoms with Crippen molar-refractivity contribution >= 4 is 11.8 Å². The van der Waals surface area contributed by atoms with Crippen molar-refractivity contribution in [3.05, 3.63) is 24.3 Å². The summed E-state index contributed by atoms with van der Waals surface area (Å²) in [6.07, 6.45) is -0.548. The van der Waals surface area contributed by atoms with Crippen molar-refractivity contribution < 1.29 is 9.84 Å². The summed E-state index contributed by atoms with van der Waals surface area (Å²) < 4.78 is 5.85. The zero-order valence-electron chi connectivity index (χ0n) is 9.93. The number of aliphatic hydroxyl groups excluding tert-OH is 1. The van der Waals surface area contributed by atoms with E-state index in [0.29, 0.717) is 0 Å². The molecule has 0 radical (unpaired) electrons. The quantitative estimate of drug-likeness (QED) is 0.815. The molecule has 2 rings (SSSR count). The highest BCUT2D eigenvalue weighted by Crippen LogP contribution is 2.38. The van der Waals surface area contributed by atoms with E-state index in [-0.39, 0.29) is 11.5 Å². The fourth-order valence-corrected chi connectivity index (χ4v) is 2.78. The van der Waals surface area contributed by atoms with E-state index in [4.69, 9.17) is 4.74 Å². The van der Waals surface area contributed by atoms with Gasteiger partial charge in [0.1, 0.15) is 11.9 Å². The van der Waals surface area contributed by atoms with Gasteiger partial charge in [-0.1, -0.05) is 32.9 Å². The van der Waals surface area contributed by atoms with Gasteiger partial charge >= 0.3 is 0 Å². The molecule has 1 N–H and O–H groups in total. The highest BCUT2D eigenvalue weighted by atomic mass is 32.2. The van der Waals surface area contributed by atoms with Crippen LogP contribution in [0.1, 0.15) is 20.8 Å². The molecule has 0 saturated carbocycles. The first-order valence-corrected chi connectivity index (χ1v) is 6.53. The molecule has 1 aliphatic heterocycles. The van der Waals surface area contributed by atoms with E-state index >= 15 is 0 Å². The number of fused-ring (bicyclic) bond motifs is 1. The molecule has 88 valence electrons. The van der Waals surface area contributed by atoms with Crippen LogP contribution in [0.2, 0.25) is 0 Å². The Morgan fingerprint density at radius 3 is 2.75 bits per heavy atom. The first-order chi connectivity index (χ1) is 7.48. The fraction of sp³-hybridized carbons (Fsp3) is 0.538. The van der Waals surface area contributed by atoms with Crippen LogP contribution in [0.15, 0.2) is 29.2 Å². The van der Waals surface area contributed by atoms with Crippen LogP contribution in [0.25, 0.3) is 0 Å². The second kappa shape index (κ2) is 4.30. The number of hydrogen-bond donors (Lipinski definition) is 1. The lowest BCUT2D eigenvalue weighted by Crippen LogP contribution is -2.43. The largest absolute Gasteiger partial charge is 0.486 e. The molecule has 0 aliphatic carbocycles. The van der Waals surface area contributed by atoms with E-state index in [0.717, 1.165) is 11.5 Å². The lowest BCUT2D eigenvalue weighted by molar-refractivity contribution is -0.0235. The molecule has 1 aromatic carbocycles. The second-order valence-electron chi connectivity index (χ2n) is 5.22. The lowest BCUT2D eigenvalue weighted by Gasteiger charge is -2.35. The standard InChI is InChI=1S/C13H18O2S/c1-13(2,3)12(14)10-8-16-11-7-5-4-6-9(11)15-10/h4-7,10,12,14H,8H2,1-3H3. The van der Waals surface area contributed by atoms with E-state index in [9.17, 15) is 5.11 Å². The van der Waals surface area contributed by atoms with Gasteiger partial charge in [-0.2, -0.15) is 0 Å². The van der Waals surface area contributed by atoms with Crippen LogP contribution in [0.4, 0.5) is 0 Å². The van der Waals surface area contributed by atoms with E-state index in [2.05, 4.69) is 6.07 Å². The van der Waals surface area contributed by atoms with Crippen molar-refractivity contribution in [1.29, 1.82) is 0 Å². The maximum atomic E-state index is 10.2. The van der Waals surface area contributed by atoms with Gasteiger partial charge in [0.05, 0.1) is 6.10 Å². The van der Waals surface area contributed by atoms with Gasteiger partial charge in [0.2, 0.25) is 0 Å². The van der Waals surface area contributed by atoms with Crippen molar-refractivity contribution in [2.45, 2.75) is 37.9 Å². The molecule has 0 spiro atoms. The minimum absolute atomic E-state index is 0.111. The molecule has 0 bridgehead atoms. The SMILES string of the molecule is CC(C)(C)C(O)C1CSc2ccccc2O1. The highest BCUT2D eigenvalue weighted by molar-refractivity contribution is 7.99. The minimum Gasteiger partial charge on any atom is -0.486 e. The number of ether oxygens (including phenoxy) is 1. The maximum absolute atomic E-state index is 10.2. The Morgan fingerprint density at radius 1 is 1.38 bits per heavy atom. The Balaban J connectivity index is 2.14. The molecule has 0 amide bonds. The first kappa shape index (κ1) is 11.8. The molecule has 0 saturated heterocycles. The molecular weight excluding hydrogens is 220 g/mol. The van der Waals surface area contributed by atoms with E-state index in [1.807, 2.05) is 39.0 Å². The molecular formula is C13H18O2S. The van der Waals surface area contributed by atoms with Crippen LogP contribution in [-0.4, -0.2) is 23.1 Å². The monoisotopic (exact) mass is 238 g/mol. The summed E-state index contributed by atoms with van der Waals surface area (Å²) in [7, 11) is 0. The van der Waals surface area contributed by atoms with Gasteiger partial charge in [0.15, 0.2) is 0 Å². The second-order valence-corrected chi connectivity index (χ2v) is 6.29. The molecule has 1 aromatic rings. The van der Waals surface area contributed by atoms with Crippen molar-refractivity contribution in [2.75, 3.05) is 5.75 Å². The summed E-state index contributed by atoms with van der Waals surface area (Å²) in [5.41, 5.74) is -0.141. The molecule has 1 aliphatic rings. The average molecular weight is 238 g/mol. The van der Waals surface area contributed by atoms with Crippen molar-refractivity contribution in [3.63, 3.8) is 0 Å². The van der Waals surface area contributed by atoms with Crippen molar-refractivity contribution in [2.24, 2.45) is 5.41 Å². The third-order valence-corrected chi connectivity index (χ3v) is 3.91. The number of rotatable bonds is 1. The molecule has 0 aromatic heterocycles. The summed E-state index contributed by atoms with van der Waals surface area (Å²) in [5, 5.41) is 10.2. The van der Waals surface area contributed by atoms with Crippen LogP contribution in [0, 0.1) is 5.41 Å². The Bertz CT molecular complexity index is 370. The van der Waals surface area contributed by atoms with Gasteiger partial charge < -0.3 is 9.84 Å². The summed E-state index contributed by atoms with van der Waals surface area (Å²) in [5.74, 6) is 1.71. The van der Waals surface area contributed by atoms with E-state index in [1.54, 1.807) is 11.8 Å². The molecule has 2 nitrogen and oxygen atoms in total. The third kappa shape index (κ3) is 2.36. The van der Waals surface area contributed by atoms with Crippen molar-refractivity contribution in [3.8, 4) is 5.75 Å². The van der Waals surface area contributed by atoms with E-state index in [1.165, 1.54) is 4.90 Å². The van der Waals surface area contributed by atoms with Crippen molar-refractivity contribution in [1.82, 2.24) is 0 Å². The number of hydrogen-bond acceptors (Lipinski definition) is 3. The average Bonchev–Trinajstić information content (AvgIpc) is 2.26. The number of benzene rings is 1. The molecule has 0 fully saturated rings. The zero-order valence-corrected chi connectivity index (χ0v) is 10.8. The van der Waals surface area contributed by atoms with Crippen LogP contribution < -0.4 is 4.74 Å². The number of para-hydroxylation sites is 1.